The molecular formula is C18H27N3O2. The van der Waals surface area contributed by atoms with E-state index in [1.54, 1.807) is 31.2 Å². The van der Waals surface area contributed by atoms with Gasteiger partial charge in [0.1, 0.15) is 5.75 Å². The van der Waals surface area contributed by atoms with E-state index in [4.69, 9.17) is 10.00 Å². The van der Waals surface area contributed by atoms with Crippen LogP contribution in [0.4, 0.5) is 0 Å². The lowest BCUT2D eigenvalue weighted by Gasteiger charge is -2.30. The minimum absolute atomic E-state index is 0.137. The average molecular weight is 317 g/mol. The van der Waals surface area contributed by atoms with Gasteiger partial charge in [0.05, 0.1) is 11.6 Å². The zero-order chi connectivity index (χ0) is 17.4. The highest BCUT2D eigenvalue weighted by Gasteiger charge is 2.16. The SMILES string of the molecule is CC(C)N(CCNC(=O)[C@@H](C)Oc1ccc(C#N)cc1)C(C)C. The molecule has 5 heteroatoms. The summed E-state index contributed by atoms with van der Waals surface area (Å²) in [5, 5.41) is 11.7. The van der Waals surface area contributed by atoms with Crippen LogP contribution in [0, 0.1) is 11.3 Å². The van der Waals surface area contributed by atoms with Crippen LogP contribution in [0.15, 0.2) is 24.3 Å². The van der Waals surface area contributed by atoms with Crippen molar-refractivity contribution in [2.24, 2.45) is 0 Å². The summed E-state index contributed by atoms with van der Waals surface area (Å²) >= 11 is 0. The molecule has 0 heterocycles. The summed E-state index contributed by atoms with van der Waals surface area (Å²) in [7, 11) is 0. The number of carbonyl (C=O) groups excluding carboxylic acids is 1. The van der Waals surface area contributed by atoms with Crippen LogP contribution in [0.3, 0.4) is 0 Å². The van der Waals surface area contributed by atoms with Gasteiger partial charge in [0.25, 0.3) is 5.91 Å². The smallest absolute Gasteiger partial charge is 0.260 e. The van der Waals surface area contributed by atoms with Gasteiger partial charge in [-0.2, -0.15) is 5.26 Å². The summed E-state index contributed by atoms with van der Waals surface area (Å²) in [6, 6.07) is 9.67. The number of hydrogen-bond donors (Lipinski definition) is 1. The third kappa shape index (κ3) is 6.29. The van der Waals surface area contributed by atoms with Gasteiger partial charge in [-0.1, -0.05) is 0 Å². The number of rotatable bonds is 8. The summed E-state index contributed by atoms with van der Waals surface area (Å²) in [5.74, 6) is 0.444. The van der Waals surface area contributed by atoms with Gasteiger partial charge < -0.3 is 10.1 Å². The maximum Gasteiger partial charge on any atom is 0.260 e. The molecule has 1 aromatic rings. The number of amides is 1. The first kappa shape index (κ1) is 19.0. The van der Waals surface area contributed by atoms with Crippen molar-refractivity contribution in [3.05, 3.63) is 29.8 Å². The summed E-state index contributed by atoms with van der Waals surface area (Å²) in [4.78, 5) is 14.4. The molecule has 5 nitrogen and oxygen atoms in total. The molecule has 23 heavy (non-hydrogen) atoms. The molecule has 1 aromatic carbocycles. The van der Waals surface area contributed by atoms with E-state index in [1.807, 2.05) is 6.07 Å². The Labute approximate surface area is 139 Å². The van der Waals surface area contributed by atoms with E-state index in [9.17, 15) is 4.79 Å². The van der Waals surface area contributed by atoms with Gasteiger partial charge in [0, 0.05) is 25.2 Å². The first-order chi connectivity index (χ1) is 10.8. The van der Waals surface area contributed by atoms with Crippen molar-refractivity contribution in [2.75, 3.05) is 13.1 Å². The molecule has 0 aromatic heterocycles. The number of nitrogens with zero attached hydrogens (tertiary/aromatic N) is 2. The molecule has 0 saturated carbocycles. The molecule has 126 valence electrons. The Morgan fingerprint density at radius 3 is 2.22 bits per heavy atom. The van der Waals surface area contributed by atoms with Crippen molar-refractivity contribution in [3.63, 3.8) is 0 Å². The van der Waals surface area contributed by atoms with Crippen LogP contribution in [0.1, 0.15) is 40.2 Å². The summed E-state index contributed by atoms with van der Waals surface area (Å²) in [5.41, 5.74) is 0.567. The number of hydrogen-bond acceptors (Lipinski definition) is 4. The molecule has 0 aliphatic heterocycles. The minimum atomic E-state index is -0.575. The Hall–Kier alpha value is -2.06. The number of carbonyl (C=O) groups is 1. The Morgan fingerprint density at radius 2 is 1.74 bits per heavy atom. The van der Waals surface area contributed by atoms with E-state index < -0.39 is 6.10 Å². The normalized spacial score (nSPS) is 12.3. The fourth-order valence-electron chi connectivity index (χ4n) is 2.43. The first-order valence-electron chi connectivity index (χ1n) is 8.05. The van der Waals surface area contributed by atoms with Gasteiger partial charge in [-0.15, -0.1) is 0 Å². The van der Waals surface area contributed by atoms with Gasteiger partial charge in [0.2, 0.25) is 0 Å². The lowest BCUT2D eigenvalue weighted by Crippen LogP contribution is -2.44. The second-order valence-electron chi connectivity index (χ2n) is 6.11. The zero-order valence-corrected chi connectivity index (χ0v) is 14.7. The molecule has 0 unspecified atom stereocenters. The van der Waals surface area contributed by atoms with Gasteiger partial charge in [-0.05, 0) is 58.9 Å². The van der Waals surface area contributed by atoms with Gasteiger partial charge in [0.15, 0.2) is 6.10 Å². The molecule has 0 saturated heterocycles. The molecule has 0 fully saturated rings. The summed E-state index contributed by atoms with van der Waals surface area (Å²) in [6.45, 7) is 11.7. The quantitative estimate of drug-likeness (QED) is 0.800. The van der Waals surface area contributed by atoms with E-state index >= 15 is 0 Å². The van der Waals surface area contributed by atoms with Crippen molar-refractivity contribution in [1.29, 1.82) is 5.26 Å². The van der Waals surface area contributed by atoms with Gasteiger partial charge >= 0.3 is 0 Å². The Morgan fingerprint density at radius 1 is 1.17 bits per heavy atom. The lowest BCUT2D eigenvalue weighted by molar-refractivity contribution is -0.127. The predicted molar refractivity (Wildman–Crippen MR) is 91.2 cm³/mol. The van der Waals surface area contributed by atoms with Crippen LogP contribution >= 0.6 is 0 Å². The third-order valence-corrected chi connectivity index (χ3v) is 3.66. The zero-order valence-electron chi connectivity index (χ0n) is 14.7. The van der Waals surface area contributed by atoms with Crippen molar-refractivity contribution in [2.45, 2.75) is 52.8 Å². The number of nitrogens with one attached hydrogen (secondary N) is 1. The molecule has 1 N–H and O–H groups in total. The van der Waals surface area contributed by atoms with Crippen LogP contribution in [-0.2, 0) is 4.79 Å². The first-order valence-corrected chi connectivity index (χ1v) is 8.05. The maximum atomic E-state index is 12.1. The number of nitriles is 1. The number of ether oxygens (including phenoxy) is 1. The van der Waals surface area contributed by atoms with Crippen molar-refractivity contribution >= 4 is 5.91 Å². The van der Waals surface area contributed by atoms with Crippen LogP contribution in [0.2, 0.25) is 0 Å². The minimum Gasteiger partial charge on any atom is -0.481 e. The molecule has 0 radical (unpaired) electrons. The van der Waals surface area contributed by atoms with E-state index in [2.05, 4.69) is 37.9 Å². The number of benzene rings is 1. The predicted octanol–water partition coefficient (Wildman–Crippen LogP) is 2.56. The third-order valence-electron chi connectivity index (χ3n) is 3.66. The monoisotopic (exact) mass is 317 g/mol. The largest absolute Gasteiger partial charge is 0.481 e. The van der Waals surface area contributed by atoms with E-state index in [0.717, 1.165) is 6.54 Å². The lowest BCUT2D eigenvalue weighted by atomic mass is 10.2. The van der Waals surface area contributed by atoms with Gasteiger partial charge in [-0.3, -0.25) is 9.69 Å². The molecule has 1 rings (SSSR count). The van der Waals surface area contributed by atoms with E-state index in [-0.39, 0.29) is 5.91 Å². The standard InChI is InChI=1S/C18H27N3O2/c1-13(2)21(14(3)4)11-10-20-18(22)15(5)23-17-8-6-16(12-19)7-9-17/h6-9,13-15H,10-11H2,1-5H3,(H,20,22)/t15-/m1/s1. The van der Waals surface area contributed by atoms with Crippen molar-refractivity contribution < 1.29 is 9.53 Å². The molecule has 1 atom stereocenters. The fraction of sp³-hybridized carbons (Fsp3) is 0.556. The van der Waals surface area contributed by atoms with Crippen LogP contribution < -0.4 is 10.1 Å². The summed E-state index contributed by atoms with van der Waals surface area (Å²) in [6.07, 6.45) is -0.575. The summed E-state index contributed by atoms with van der Waals surface area (Å²) < 4.78 is 5.59. The van der Waals surface area contributed by atoms with Crippen molar-refractivity contribution in [3.8, 4) is 11.8 Å². The van der Waals surface area contributed by atoms with Gasteiger partial charge in [-0.25, -0.2) is 0 Å². The van der Waals surface area contributed by atoms with Crippen LogP contribution in [-0.4, -0.2) is 42.1 Å². The molecule has 1 amide bonds. The molecule has 0 spiro atoms. The molecule has 0 bridgehead atoms. The van der Waals surface area contributed by atoms with Crippen LogP contribution in [0.25, 0.3) is 0 Å². The van der Waals surface area contributed by atoms with E-state index in [1.165, 1.54) is 0 Å². The Balaban J connectivity index is 2.43. The fourth-order valence-corrected chi connectivity index (χ4v) is 2.43. The van der Waals surface area contributed by atoms with E-state index in [0.29, 0.717) is 29.9 Å². The average Bonchev–Trinajstić information content (AvgIpc) is 2.51. The highest BCUT2D eigenvalue weighted by Crippen LogP contribution is 2.13. The van der Waals surface area contributed by atoms with Crippen LogP contribution in [0.5, 0.6) is 5.75 Å². The Bertz CT molecular complexity index is 524. The molecular weight excluding hydrogens is 290 g/mol. The second kappa shape index (κ2) is 9.16. The maximum absolute atomic E-state index is 12.1. The highest BCUT2D eigenvalue weighted by molar-refractivity contribution is 5.80. The highest BCUT2D eigenvalue weighted by atomic mass is 16.5. The second-order valence-corrected chi connectivity index (χ2v) is 6.11. The molecule has 0 aliphatic carbocycles. The topological polar surface area (TPSA) is 65.4 Å². The molecule has 0 aliphatic rings. The Kier molecular flexibility index (Phi) is 7.56. The van der Waals surface area contributed by atoms with Crippen molar-refractivity contribution in [1.82, 2.24) is 10.2 Å².